The third-order valence-electron chi connectivity index (χ3n) is 8.46. The Kier molecular flexibility index (Phi) is 6.63. The van der Waals surface area contributed by atoms with Gasteiger partial charge in [0.15, 0.2) is 5.78 Å². The summed E-state index contributed by atoms with van der Waals surface area (Å²) in [6, 6.07) is 7.28. The number of likely N-dealkylation sites (tertiary alicyclic amines) is 1. The molecule has 0 bridgehead atoms. The molecule has 1 aromatic carbocycles. The zero-order valence-electron chi connectivity index (χ0n) is 23.7. The number of benzene rings is 1. The van der Waals surface area contributed by atoms with E-state index in [4.69, 9.17) is 0 Å². The molecule has 0 unspecified atom stereocenters. The number of nitrogens with one attached hydrogen (secondary N) is 1. The van der Waals surface area contributed by atoms with Crippen molar-refractivity contribution in [3.8, 4) is 11.1 Å². The average molecular weight is 552 g/mol. The minimum absolute atomic E-state index is 0.0364. The molecule has 10 nitrogen and oxygen atoms in total. The number of rotatable bonds is 8. The van der Waals surface area contributed by atoms with E-state index in [-0.39, 0.29) is 35.6 Å². The van der Waals surface area contributed by atoms with Crippen LogP contribution in [0, 0.1) is 19.3 Å². The quantitative estimate of drug-likeness (QED) is 0.333. The summed E-state index contributed by atoms with van der Waals surface area (Å²) in [6.45, 7) is 7.83. The maximum absolute atomic E-state index is 13.8. The van der Waals surface area contributed by atoms with Crippen molar-refractivity contribution < 1.29 is 14.4 Å². The van der Waals surface area contributed by atoms with E-state index in [1.54, 1.807) is 34.4 Å². The van der Waals surface area contributed by atoms with Crippen LogP contribution in [0.3, 0.4) is 0 Å². The number of fused-ring (bicyclic) bond motifs is 2. The van der Waals surface area contributed by atoms with Crippen molar-refractivity contribution in [1.82, 2.24) is 34.9 Å². The van der Waals surface area contributed by atoms with Gasteiger partial charge in [-0.05, 0) is 79.5 Å². The molecule has 210 valence electrons. The number of ketones is 1. The summed E-state index contributed by atoms with van der Waals surface area (Å²) in [6.07, 6.45) is 9.21. The highest BCUT2D eigenvalue weighted by Crippen LogP contribution is 2.59. The molecule has 6 rings (SSSR count). The van der Waals surface area contributed by atoms with Gasteiger partial charge in [-0.25, -0.2) is 9.97 Å². The molecule has 1 aliphatic heterocycles. The number of carbonyl (C=O) groups is 3. The molecule has 1 saturated carbocycles. The molecule has 2 amide bonds. The molecular formula is C31H33N7O3. The van der Waals surface area contributed by atoms with Crippen LogP contribution in [0.15, 0.2) is 49.1 Å². The molecule has 10 heteroatoms. The molecule has 4 aromatic rings. The summed E-state index contributed by atoms with van der Waals surface area (Å²) in [7, 11) is 0. The first-order chi connectivity index (χ1) is 19.6. The molecule has 1 saturated heterocycles. The molecule has 2 aliphatic rings. The fourth-order valence-electron chi connectivity index (χ4n) is 6.18. The first kappa shape index (κ1) is 26.7. The smallest absolute Gasteiger partial charge is 0.245 e. The van der Waals surface area contributed by atoms with Gasteiger partial charge in [0.25, 0.3) is 0 Å². The summed E-state index contributed by atoms with van der Waals surface area (Å²) in [5, 5.41) is 8.32. The van der Waals surface area contributed by atoms with Crippen molar-refractivity contribution in [3.05, 3.63) is 71.7 Å². The molecule has 41 heavy (non-hydrogen) atoms. The van der Waals surface area contributed by atoms with Gasteiger partial charge in [0.1, 0.15) is 24.1 Å². The van der Waals surface area contributed by atoms with Gasteiger partial charge in [-0.15, -0.1) is 0 Å². The molecule has 4 heterocycles. The lowest BCUT2D eigenvalue weighted by atomic mass is 10.0. The highest BCUT2D eigenvalue weighted by molar-refractivity contribution is 6.07. The van der Waals surface area contributed by atoms with Gasteiger partial charge in [0.2, 0.25) is 11.8 Å². The Balaban J connectivity index is 1.25. The fourth-order valence-corrected chi connectivity index (χ4v) is 6.18. The Morgan fingerprint density at radius 2 is 1.78 bits per heavy atom. The number of hydrogen-bond acceptors (Lipinski definition) is 7. The van der Waals surface area contributed by atoms with Gasteiger partial charge in [-0.2, -0.15) is 5.10 Å². The van der Waals surface area contributed by atoms with E-state index >= 15 is 0 Å². The van der Waals surface area contributed by atoms with Crippen molar-refractivity contribution >= 4 is 28.5 Å². The Labute approximate surface area is 238 Å². The van der Waals surface area contributed by atoms with E-state index in [0.29, 0.717) is 36.3 Å². The standard InChI is InChI=1S/C31H33N7O3/c1-18-11-22(23-15-34-20(3)35-16-23)12-24-28(19(2)39)36-37(29(18)24)17-27(40)38-25(13-31(4)14-26(31)38)30(41)33-10-7-21-5-8-32-9-6-21/h5-6,8-9,11-12,15-16,25-26H,7,10,13-14,17H2,1-4H3,(H,33,41)/t25-,26+,31-/m0/s1. The zero-order valence-corrected chi connectivity index (χ0v) is 23.7. The Morgan fingerprint density at radius 3 is 2.49 bits per heavy atom. The normalized spacial score (nSPS) is 21.1. The molecule has 1 aliphatic carbocycles. The van der Waals surface area contributed by atoms with Crippen LogP contribution < -0.4 is 5.32 Å². The van der Waals surface area contributed by atoms with Crippen molar-refractivity contribution in [1.29, 1.82) is 0 Å². The molecule has 3 aromatic heterocycles. The van der Waals surface area contributed by atoms with Gasteiger partial charge < -0.3 is 10.2 Å². The van der Waals surface area contributed by atoms with Gasteiger partial charge in [-0.1, -0.05) is 6.92 Å². The fraction of sp³-hybridized carbons (Fsp3) is 0.387. The van der Waals surface area contributed by atoms with E-state index in [0.717, 1.165) is 34.2 Å². The molecular weight excluding hydrogens is 518 g/mol. The SMILES string of the molecule is CC(=O)c1nn(CC(=O)N2[C@H](C(=O)NCCc3ccncc3)C[C@@]3(C)C[C@@H]23)c2c(C)cc(-c3cnc(C)nc3)cc12. The predicted octanol–water partition coefficient (Wildman–Crippen LogP) is 3.45. The highest BCUT2D eigenvalue weighted by atomic mass is 16.2. The van der Waals surface area contributed by atoms with E-state index in [1.165, 1.54) is 6.92 Å². The van der Waals surface area contributed by atoms with Crippen molar-refractivity contribution in [3.63, 3.8) is 0 Å². The third kappa shape index (κ3) is 4.98. The van der Waals surface area contributed by atoms with Crippen molar-refractivity contribution in [2.45, 2.75) is 65.6 Å². The molecule has 3 atom stereocenters. The maximum Gasteiger partial charge on any atom is 0.245 e. The van der Waals surface area contributed by atoms with E-state index in [9.17, 15) is 14.4 Å². The molecule has 0 radical (unpaired) electrons. The monoisotopic (exact) mass is 551 g/mol. The number of nitrogens with zero attached hydrogens (tertiary/aromatic N) is 6. The van der Waals surface area contributed by atoms with Crippen molar-refractivity contribution in [2.24, 2.45) is 5.41 Å². The number of aryl methyl sites for hydroxylation is 2. The Bertz CT molecular complexity index is 1660. The van der Waals surface area contributed by atoms with Crippen LogP contribution in [0.1, 0.15) is 54.1 Å². The number of carbonyl (C=O) groups excluding carboxylic acids is 3. The number of amides is 2. The second-order valence-corrected chi connectivity index (χ2v) is 11.6. The number of piperidine rings is 1. The third-order valence-corrected chi connectivity index (χ3v) is 8.46. The summed E-state index contributed by atoms with van der Waals surface area (Å²) in [5.74, 6) is 0.203. The Hall–Kier alpha value is -4.47. The lowest BCUT2D eigenvalue weighted by Gasteiger charge is -2.27. The first-order valence-corrected chi connectivity index (χ1v) is 13.9. The zero-order chi connectivity index (χ0) is 28.9. The lowest BCUT2D eigenvalue weighted by molar-refractivity contribution is -0.140. The molecule has 1 N–H and O–H groups in total. The maximum atomic E-state index is 13.8. The van der Waals surface area contributed by atoms with Crippen LogP contribution in [-0.4, -0.2) is 65.9 Å². The Morgan fingerprint density at radius 1 is 1.05 bits per heavy atom. The minimum Gasteiger partial charge on any atom is -0.354 e. The summed E-state index contributed by atoms with van der Waals surface area (Å²) >= 11 is 0. The minimum atomic E-state index is -0.521. The highest BCUT2D eigenvalue weighted by Gasteiger charge is 2.64. The van der Waals surface area contributed by atoms with E-state index in [1.807, 2.05) is 38.1 Å². The second kappa shape index (κ2) is 10.2. The van der Waals surface area contributed by atoms with Crippen LogP contribution in [0.2, 0.25) is 0 Å². The number of Topliss-reactive ketones (excluding diaryl/α,β-unsaturated/α-hetero) is 1. The van der Waals surface area contributed by atoms with Gasteiger partial charge in [0.05, 0.1) is 5.52 Å². The van der Waals surface area contributed by atoms with Crippen LogP contribution >= 0.6 is 0 Å². The van der Waals surface area contributed by atoms with Crippen LogP contribution in [0.25, 0.3) is 22.0 Å². The molecule has 0 spiro atoms. The van der Waals surface area contributed by atoms with E-state index < -0.39 is 6.04 Å². The molecule has 2 fully saturated rings. The van der Waals surface area contributed by atoms with E-state index in [2.05, 4.69) is 32.3 Å². The van der Waals surface area contributed by atoms with Crippen LogP contribution in [0.5, 0.6) is 0 Å². The number of pyridine rings is 1. The number of hydrogen-bond donors (Lipinski definition) is 1. The largest absolute Gasteiger partial charge is 0.354 e. The predicted molar refractivity (Wildman–Crippen MR) is 153 cm³/mol. The topological polar surface area (TPSA) is 123 Å². The second-order valence-electron chi connectivity index (χ2n) is 11.6. The first-order valence-electron chi connectivity index (χ1n) is 13.9. The lowest BCUT2D eigenvalue weighted by Crippen LogP contribution is -2.49. The summed E-state index contributed by atoms with van der Waals surface area (Å²) < 4.78 is 1.62. The van der Waals surface area contributed by atoms with Gasteiger partial charge >= 0.3 is 0 Å². The van der Waals surface area contributed by atoms with Gasteiger partial charge in [-0.3, -0.25) is 24.0 Å². The van der Waals surface area contributed by atoms with Crippen LogP contribution in [-0.2, 0) is 22.6 Å². The van der Waals surface area contributed by atoms with Gasteiger partial charge in [0, 0.05) is 55.2 Å². The summed E-state index contributed by atoms with van der Waals surface area (Å²) in [4.78, 5) is 54.1. The van der Waals surface area contributed by atoms with Crippen molar-refractivity contribution in [2.75, 3.05) is 6.54 Å². The summed E-state index contributed by atoms with van der Waals surface area (Å²) in [5.41, 5.74) is 4.69. The number of aromatic nitrogens is 5. The van der Waals surface area contributed by atoms with Crippen LogP contribution in [0.4, 0.5) is 0 Å². The average Bonchev–Trinajstić information content (AvgIpc) is 3.30.